The number of carboxylic acid groups (broad SMARTS) is 1. The molecular formula is C17H16O4. The quantitative estimate of drug-likeness (QED) is 0.937. The molecule has 0 fully saturated rings. The van der Waals surface area contributed by atoms with E-state index in [1.165, 1.54) is 0 Å². The second kappa shape index (κ2) is 5.87. The topological polar surface area (TPSA) is 55.8 Å². The van der Waals surface area contributed by atoms with Crippen molar-refractivity contribution in [1.82, 2.24) is 0 Å². The van der Waals surface area contributed by atoms with E-state index in [4.69, 9.17) is 14.6 Å². The van der Waals surface area contributed by atoms with E-state index in [2.05, 4.69) is 0 Å². The first-order valence-corrected chi connectivity index (χ1v) is 6.91. The van der Waals surface area contributed by atoms with Crippen molar-refractivity contribution >= 4 is 5.97 Å². The van der Waals surface area contributed by atoms with E-state index in [9.17, 15) is 4.79 Å². The molecule has 1 aliphatic rings. The Balaban J connectivity index is 1.71. The predicted molar refractivity (Wildman–Crippen MR) is 77.6 cm³/mol. The number of rotatable bonds is 4. The van der Waals surface area contributed by atoms with E-state index < -0.39 is 12.1 Å². The van der Waals surface area contributed by atoms with Gasteiger partial charge in [0.25, 0.3) is 0 Å². The summed E-state index contributed by atoms with van der Waals surface area (Å²) in [6.07, 6.45) is 0.458. The zero-order valence-corrected chi connectivity index (χ0v) is 11.5. The predicted octanol–water partition coefficient (Wildman–Crippen LogP) is 3.04. The summed E-state index contributed by atoms with van der Waals surface area (Å²) in [6, 6.07) is 15.5. The van der Waals surface area contributed by atoms with E-state index in [0.29, 0.717) is 30.9 Å². The van der Waals surface area contributed by atoms with Gasteiger partial charge in [0.2, 0.25) is 0 Å². The number of aryl methyl sites for hydroxylation is 1. The normalized spacial score (nSPS) is 16.7. The van der Waals surface area contributed by atoms with Crippen LogP contribution in [0.3, 0.4) is 0 Å². The largest absolute Gasteiger partial charge is 0.489 e. The first kappa shape index (κ1) is 13.5. The lowest BCUT2D eigenvalue weighted by Gasteiger charge is -2.23. The first-order valence-electron chi connectivity index (χ1n) is 6.91. The highest BCUT2D eigenvalue weighted by atomic mass is 16.5. The van der Waals surface area contributed by atoms with E-state index in [1.807, 2.05) is 42.5 Å². The molecule has 0 unspecified atom stereocenters. The summed E-state index contributed by atoms with van der Waals surface area (Å²) in [7, 11) is 0. The van der Waals surface area contributed by atoms with Crippen molar-refractivity contribution in [3.8, 4) is 11.5 Å². The molecule has 0 aromatic heterocycles. The highest BCUT2D eigenvalue weighted by Gasteiger charge is 2.25. The second-order valence-electron chi connectivity index (χ2n) is 5.03. The Labute approximate surface area is 122 Å². The van der Waals surface area contributed by atoms with Crippen molar-refractivity contribution in [2.45, 2.75) is 25.6 Å². The zero-order chi connectivity index (χ0) is 14.7. The van der Waals surface area contributed by atoms with Crippen molar-refractivity contribution in [3.63, 3.8) is 0 Å². The maximum absolute atomic E-state index is 11.0. The minimum atomic E-state index is -0.920. The Bertz CT molecular complexity index is 636. The molecular weight excluding hydrogens is 268 g/mol. The lowest BCUT2D eigenvalue weighted by Crippen LogP contribution is -2.30. The van der Waals surface area contributed by atoms with Gasteiger partial charge < -0.3 is 14.6 Å². The molecule has 0 spiro atoms. The van der Waals surface area contributed by atoms with Crippen LogP contribution in [0.5, 0.6) is 11.5 Å². The van der Waals surface area contributed by atoms with Gasteiger partial charge in [-0.2, -0.15) is 0 Å². The lowest BCUT2D eigenvalue weighted by atomic mass is 10.0. The zero-order valence-electron chi connectivity index (χ0n) is 11.5. The molecule has 0 saturated carbocycles. The van der Waals surface area contributed by atoms with Gasteiger partial charge in [-0.25, -0.2) is 4.79 Å². The van der Waals surface area contributed by atoms with Crippen LogP contribution in [0.4, 0.5) is 0 Å². The van der Waals surface area contributed by atoms with Gasteiger partial charge in [-0.15, -0.1) is 0 Å². The van der Waals surface area contributed by atoms with E-state index in [0.717, 1.165) is 11.1 Å². The summed E-state index contributed by atoms with van der Waals surface area (Å²) in [5.41, 5.74) is 2.11. The highest BCUT2D eigenvalue weighted by Crippen LogP contribution is 2.31. The van der Waals surface area contributed by atoms with Crippen LogP contribution in [0, 0.1) is 0 Å². The minimum absolute atomic E-state index is 0.474. The highest BCUT2D eigenvalue weighted by molar-refractivity contribution is 5.73. The van der Waals surface area contributed by atoms with Crippen molar-refractivity contribution in [1.29, 1.82) is 0 Å². The summed E-state index contributed by atoms with van der Waals surface area (Å²) in [5.74, 6) is 0.374. The fourth-order valence-corrected chi connectivity index (χ4v) is 2.35. The third-order valence-electron chi connectivity index (χ3n) is 3.51. The number of hydrogen-bond donors (Lipinski definition) is 1. The van der Waals surface area contributed by atoms with Crippen LogP contribution in [0.25, 0.3) is 0 Å². The number of benzene rings is 2. The van der Waals surface area contributed by atoms with Crippen LogP contribution in [-0.4, -0.2) is 17.2 Å². The molecule has 1 aliphatic heterocycles. The van der Waals surface area contributed by atoms with Gasteiger partial charge >= 0.3 is 5.97 Å². The molecule has 4 heteroatoms. The van der Waals surface area contributed by atoms with Crippen LogP contribution >= 0.6 is 0 Å². The lowest BCUT2D eigenvalue weighted by molar-refractivity contribution is -0.145. The van der Waals surface area contributed by atoms with Gasteiger partial charge in [-0.1, -0.05) is 36.4 Å². The number of fused-ring (bicyclic) bond motifs is 1. The Hall–Kier alpha value is -2.49. The standard InChI is InChI=1S/C17H16O4/c18-17(19)15-9-7-13-6-8-14(10-16(13)21-15)20-11-12-4-2-1-3-5-12/h1-6,8,10,15H,7,9,11H2,(H,18,19)/t15-/m0/s1. The van der Waals surface area contributed by atoms with Gasteiger partial charge in [0.1, 0.15) is 18.1 Å². The summed E-state index contributed by atoms with van der Waals surface area (Å²) in [4.78, 5) is 11.0. The molecule has 1 atom stereocenters. The van der Waals surface area contributed by atoms with Crippen LogP contribution in [0.1, 0.15) is 17.5 Å². The van der Waals surface area contributed by atoms with Crippen molar-refractivity contribution < 1.29 is 19.4 Å². The minimum Gasteiger partial charge on any atom is -0.489 e. The molecule has 0 amide bonds. The molecule has 2 aromatic rings. The van der Waals surface area contributed by atoms with Gasteiger partial charge in [0.05, 0.1) is 0 Å². The maximum Gasteiger partial charge on any atom is 0.344 e. The fourth-order valence-electron chi connectivity index (χ4n) is 2.35. The Morgan fingerprint density at radius 2 is 2.05 bits per heavy atom. The molecule has 1 N–H and O–H groups in total. The Morgan fingerprint density at radius 3 is 2.81 bits per heavy atom. The molecule has 2 aromatic carbocycles. The number of aliphatic carboxylic acids is 1. The SMILES string of the molecule is O=C(O)[C@@H]1CCc2ccc(OCc3ccccc3)cc2O1. The summed E-state index contributed by atoms with van der Waals surface area (Å²) in [6.45, 7) is 0.474. The number of ether oxygens (including phenoxy) is 2. The molecule has 0 aliphatic carbocycles. The van der Waals surface area contributed by atoms with Crippen LogP contribution in [-0.2, 0) is 17.8 Å². The van der Waals surface area contributed by atoms with Gasteiger partial charge in [0.15, 0.2) is 6.10 Å². The first-order chi connectivity index (χ1) is 10.2. The number of carboxylic acids is 1. The molecule has 108 valence electrons. The van der Waals surface area contributed by atoms with E-state index in [1.54, 1.807) is 6.07 Å². The van der Waals surface area contributed by atoms with E-state index in [-0.39, 0.29) is 0 Å². The molecule has 0 bridgehead atoms. The molecule has 4 nitrogen and oxygen atoms in total. The average Bonchev–Trinajstić information content (AvgIpc) is 2.53. The van der Waals surface area contributed by atoms with Crippen molar-refractivity contribution in [2.75, 3.05) is 0 Å². The third-order valence-corrected chi connectivity index (χ3v) is 3.51. The van der Waals surface area contributed by atoms with Crippen molar-refractivity contribution in [3.05, 3.63) is 59.7 Å². The Morgan fingerprint density at radius 1 is 1.24 bits per heavy atom. The summed E-state index contributed by atoms with van der Waals surface area (Å²) < 4.78 is 11.2. The van der Waals surface area contributed by atoms with Gasteiger partial charge in [-0.05, 0) is 30.0 Å². The monoisotopic (exact) mass is 284 g/mol. The van der Waals surface area contributed by atoms with Crippen LogP contribution < -0.4 is 9.47 Å². The van der Waals surface area contributed by atoms with Crippen LogP contribution in [0.15, 0.2) is 48.5 Å². The molecule has 0 saturated heterocycles. The third kappa shape index (κ3) is 3.16. The Kier molecular flexibility index (Phi) is 3.77. The van der Waals surface area contributed by atoms with Gasteiger partial charge in [-0.3, -0.25) is 0 Å². The average molecular weight is 284 g/mol. The summed E-state index contributed by atoms with van der Waals surface area (Å²) in [5, 5.41) is 9.03. The second-order valence-corrected chi connectivity index (χ2v) is 5.03. The molecule has 3 rings (SSSR count). The van der Waals surface area contributed by atoms with Gasteiger partial charge in [0, 0.05) is 6.07 Å². The molecule has 0 radical (unpaired) electrons. The number of carbonyl (C=O) groups is 1. The summed E-state index contributed by atoms with van der Waals surface area (Å²) >= 11 is 0. The molecule has 1 heterocycles. The number of hydrogen-bond acceptors (Lipinski definition) is 3. The fraction of sp³-hybridized carbons (Fsp3) is 0.235. The van der Waals surface area contributed by atoms with Crippen LogP contribution in [0.2, 0.25) is 0 Å². The maximum atomic E-state index is 11.0. The van der Waals surface area contributed by atoms with Crippen molar-refractivity contribution in [2.24, 2.45) is 0 Å². The van der Waals surface area contributed by atoms with E-state index >= 15 is 0 Å². The smallest absolute Gasteiger partial charge is 0.344 e. The molecule has 21 heavy (non-hydrogen) atoms.